The summed E-state index contributed by atoms with van der Waals surface area (Å²) in [5.74, 6) is 0.562. The molecule has 0 saturated carbocycles. The van der Waals surface area contributed by atoms with Gasteiger partial charge in [0.2, 0.25) is 0 Å². The number of halogens is 1. The molecule has 3 nitrogen and oxygen atoms in total. The van der Waals surface area contributed by atoms with Gasteiger partial charge in [-0.1, -0.05) is 38.1 Å². The summed E-state index contributed by atoms with van der Waals surface area (Å²) >= 11 is 3.81. The summed E-state index contributed by atoms with van der Waals surface area (Å²) in [6, 6.07) is 9.22. The average molecular weight is 377 g/mol. The molecule has 0 aromatic heterocycles. The zero-order chi connectivity index (χ0) is 13.1. The summed E-state index contributed by atoms with van der Waals surface area (Å²) in [4.78, 5) is 0. The Labute approximate surface area is 128 Å². The number of piperazine rings is 1. The lowest BCUT2D eigenvalue weighted by molar-refractivity contribution is 0.246. The van der Waals surface area contributed by atoms with Gasteiger partial charge in [0.1, 0.15) is 0 Å². The summed E-state index contributed by atoms with van der Waals surface area (Å²) in [6.07, 6.45) is 0. The van der Waals surface area contributed by atoms with Crippen molar-refractivity contribution in [3.63, 3.8) is 0 Å². The molecule has 0 spiro atoms. The van der Waals surface area contributed by atoms with Crippen LogP contribution < -0.4 is 5.14 Å². The number of rotatable bonds is 3. The van der Waals surface area contributed by atoms with Crippen LogP contribution in [-0.4, -0.2) is 27.1 Å². The van der Waals surface area contributed by atoms with Crippen LogP contribution in [0.5, 0.6) is 0 Å². The van der Waals surface area contributed by atoms with Crippen LogP contribution >= 0.6 is 35.0 Å². The molecule has 1 heterocycles. The molecule has 0 amide bonds. The van der Waals surface area contributed by atoms with Gasteiger partial charge in [0.15, 0.2) is 0 Å². The predicted octanol–water partition coefficient (Wildman–Crippen LogP) is 3.34. The fourth-order valence-electron chi connectivity index (χ4n) is 2.42. The van der Waals surface area contributed by atoms with Gasteiger partial charge in [-0.15, -0.1) is 0 Å². The van der Waals surface area contributed by atoms with Crippen LogP contribution in [0.3, 0.4) is 0 Å². The van der Waals surface area contributed by atoms with E-state index >= 15 is 0 Å². The quantitative estimate of drug-likeness (QED) is 0.498. The second kappa shape index (κ2) is 6.56. The van der Waals surface area contributed by atoms with Crippen LogP contribution in [0.2, 0.25) is 0 Å². The first-order valence-electron chi connectivity index (χ1n) is 6.26. The molecule has 1 saturated heterocycles. The fraction of sp³-hybridized carbons (Fsp3) is 0.538. The first-order valence-corrected chi connectivity index (χ1v) is 8.06. The maximum Gasteiger partial charge on any atom is 0.0583 e. The fourth-order valence-corrected chi connectivity index (χ4v) is 3.53. The maximum absolute atomic E-state index is 5.71. The van der Waals surface area contributed by atoms with Crippen LogP contribution in [0.15, 0.2) is 24.3 Å². The van der Waals surface area contributed by atoms with Gasteiger partial charge in [-0.2, -0.15) is 0 Å². The van der Waals surface area contributed by atoms with E-state index in [2.05, 4.69) is 68.4 Å². The topological polar surface area (TPSA) is 32.5 Å². The summed E-state index contributed by atoms with van der Waals surface area (Å²) < 4.78 is 4.66. The van der Waals surface area contributed by atoms with Crippen LogP contribution in [0.4, 0.5) is 0 Å². The highest BCUT2D eigenvalue weighted by Gasteiger charge is 2.28. The van der Waals surface area contributed by atoms with E-state index in [0.717, 1.165) is 19.6 Å². The minimum Gasteiger partial charge on any atom is -0.264 e. The molecule has 1 aromatic rings. The molecule has 0 radical (unpaired) electrons. The van der Waals surface area contributed by atoms with Gasteiger partial charge in [-0.05, 0) is 17.0 Å². The Kier molecular flexibility index (Phi) is 5.32. The number of nitrogens with zero attached hydrogens (tertiary/aromatic N) is 2. The second-order valence-electron chi connectivity index (χ2n) is 4.92. The van der Waals surface area contributed by atoms with Gasteiger partial charge >= 0.3 is 0 Å². The van der Waals surface area contributed by atoms with E-state index in [1.807, 2.05) is 0 Å². The molecule has 2 N–H and O–H groups in total. The molecule has 1 atom stereocenters. The Bertz CT molecular complexity index is 400. The van der Waals surface area contributed by atoms with Crippen LogP contribution in [0.25, 0.3) is 0 Å². The summed E-state index contributed by atoms with van der Waals surface area (Å²) in [6.45, 7) is 7.60. The van der Waals surface area contributed by atoms with E-state index in [0.29, 0.717) is 12.0 Å². The van der Waals surface area contributed by atoms with E-state index in [4.69, 9.17) is 5.14 Å². The molecule has 1 aliphatic rings. The van der Waals surface area contributed by atoms with Crippen molar-refractivity contribution in [2.24, 2.45) is 5.14 Å². The van der Waals surface area contributed by atoms with Gasteiger partial charge < -0.3 is 0 Å². The first-order chi connectivity index (χ1) is 8.63. The monoisotopic (exact) mass is 377 g/mol. The zero-order valence-electron chi connectivity index (χ0n) is 10.8. The van der Waals surface area contributed by atoms with Crippen LogP contribution in [0.1, 0.15) is 36.9 Å². The molecular formula is C13H20IN3S. The Morgan fingerprint density at radius 2 is 2.06 bits per heavy atom. The van der Waals surface area contributed by atoms with Crippen molar-refractivity contribution in [1.29, 1.82) is 0 Å². The van der Waals surface area contributed by atoms with Crippen molar-refractivity contribution < 1.29 is 0 Å². The van der Waals surface area contributed by atoms with E-state index < -0.39 is 0 Å². The molecule has 2 rings (SSSR count). The lowest BCUT2D eigenvalue weighted by atomic mass is 9.92. The third-order valence-corrected chi connectivity index (χ3v) is 5.19. The van der Waals surface area contributed by atoms with E-state index in [9.17, 15) is 0 Å². The average Bonchev–Trinajstić information content (AvgIpc) is 2.39. The van der Waals surface area contributed by atoms with Crippen molar-refractivity contribution in [3.8, 4) is 0 Å². The van der Waals surface area contributed by atoms with Gasteiger partial charge in [0.25, 0.3) is 0 Å². The van der Waals surface area contributed by atoms with Gasteiger partial charge in [-0.3, -0.25) is 5.14 Å². The highest BCUT2D eigenvalue weighted by molar-refractivity contribution is 14.1. The standard InChI is InChI=1S/C13H20IN3S/c1-10(2)11-5-3-4-6-12(11)13-9-16(18-15)7-8-17(13)14/h3-6,10,13H,7-9,15H2,1-2H3. The number of hydrogen-bond donors (Lipinski definition) is 1. The molecule has 1 fully saturated rings. The molecule has 5 heteroatoms. The van der Waals surface area contributed by atoms with Crippen LogP contribution in [-0.2, 0) is 0 Å². The lowest BCUT2D eigenvalue weighted by Gasteiger charge is -2.37. The van der Waals surface area contributed by atoms with E-state index in [1.165, 1.54) is 23.3 Å². The Morgan fingerprint density at radius 1 is 1.33 bits per heavy atom. The lowest BCUT2D eigenvalue weighted by Crippen LogP contribution is -2.42. The Hall–Kier alpha value is 0.180. The van der Waals surface area contributed by atoms with Crippen molar-refractivity contribution in [2.75, 3.05) is 19.6 Å². The van der Waals surface area contributed by atoms with Crippen LogP contribution in [0, 0.1) is 0 Å². The molecule has 18 heavy (non-hydrogen) atoms. The molecule has 1 aromatic carbocycles. The van der Waals surface area contributed by atoms with E-state index in [-0.39, 0.29) is 0 Å². The van der Waals surface area contributed by atoms with Gasteiger partial charge in [0, 0.05) is 54.6 Å². The van der Waals surface area contributed by atoms with Crippen molar-refractivity contribution in [3.05, 3.63) is 35.4 Å². The molecule has 0 bridgehead atoms. The Morgan fingerprint density at radius 3 is 2.72 bits per heavy atom. The molecule has 100 valence electrons. The molecule has 1 aliphatic heterocycles. The third-order valence-electron chi connectivity index (χ3n) is 3.40. The number of nitrogens with two attached hydrogens (primary N) is 1. The number of hydrogen-bond acceptors (Lipinski definition) is 4. The molecule has 0 aliphatic carbocycles. The summed E-state index contributed by atoms with van der Waals surface area (Å²) in [7, 11) is 0. The summed E-state index contributed by atoms with van der Waals surface area (Å²) in [5, 5.41) is 5.71. The van der Waals surface area contributed by atoms with E-state index in [1.54, 1.807) is 0 Å². The van der Waals surface area contributed by atoms with Gasteiger partial charge in [-0.25, -0.2) is 7.42 Å². The third kappa shape index (κ3) is 3.19. The molecule has 1 unspecified atom stereocenters. The summed E-state index contributed by atoms with van der Waals surface area (Å²) in [5.41, 5.74) is 2.90. The Balaban J connectivity index is 2.28. The maximum atomic E-state index is 5.71. The largest absolute Gasteiger partial charge is 0.264 e. The smallest absolute Gasteiger partial charge is 0.0583 e. The second-order valence-corrected chi connectivity index (χ2v) is 6.88. The molecular weight excluding hydrogens is 357 g/mol. The van der Waals surface area contributed by atoms with Crippen molar-refractivity contribution in [1.82, 2.24) is 7.42 Å². The van der Waals surface area contributed by atoms with Gasteiger partial charge in [0.05, 0.1) is 6.04 Å². The SMILES string of the molecule is CC(C)c1ccccc1C1CN(SN)CCN1I. The number of benzene rings is 1. The van der Waals surface area contributed by atoms with Crippen molar-refractivity contribution in [2.45, 2.75) is 25.8 Å². The zero-order valence-corrected chi connectivity index (χ0v) is 13.8. The predicted molar refractivity (Wildman–Crippen MR) is 87.3 cm³/mol. The highest BCUT2D eigenvalue weighted by Crippen LogP contribution is 2.34. The van der Waals surface area contributed by atoms with Crippen molar-refractivity contribution >= 4 is 35.0 Å². The minimum atomic E-state index is 0.439. The highest BCUT2D eigenvalue weighted by atomic mass is 127. The first kappa shape index (κ1) is 14.6. The normalized spacial score (nSPS) is 22.6. The minimum absolute atomic E-state index is 0.439.